The fraction of sp³-hybridized carbons (Fsp3) is 0.350. The van der Waals surface area contributed by atoms with Gasteiger partial charge in [-0.05, 0) is 42.3 Å². The molecule has 1 fully saturated rings. The molecule has 1 saturated heterocycles. The standard InChI is InChI=1S/C20H22F2N2O2/c1-14-12-24(11-10-23(14)13-19(25)26)20(15-2-6-17(21)7-3-15)16-4-8-18(22)9-5-16/h2-9,14,20H,10-13H2,1H3,(H,25,26). The maximum atomic E-state index is 13.4. The number of aliphatic carboxylic acids is 1. The number of piperazine rings is 1. The maximum Gasteiger partial charge on any atom is 0.317 e. The van der Waals surface area contributed by atoms with Gasteiger partial charge >= 0.3 is 5.97 Å². The molecule has 0 bridgehead atoms. The van der Waals surface area contributed by atoms with Gasteiger partial charge in [-0.2, -0.15) is 0 Å². The molecule has 0 amide bonds. The maximum absolute atomic E-state index is 13.4. The third kappa shape index (κ3) is 4.26. The number of rotatable bonds is 5. The molecule has 4 nitrogen and oxygen atoms in total. The summed E-state index contributed by atoms with van der Waals surface area (Å²) in [4.78, 5) is 15.2. The van der Waals surface area contributed by atoms with E-state index in [1.54, 1.807) is 24.3 Å². The second kappa shape index (κ2) is 7.93. The Morgan fingerprint density at radius 3 is 1.96 bits per heavy atom. The Balaban J connectivity index is 1.88. The van der Waals surface area contributed by atoms with Crippen LogP contribution in [0.2, 0.25) is 0 Å². The molecule has 0 aromatic heterocycles. The molecule has 0 spiro atoms. The number of carboxylic acids is 1. The lowest BCUT2D eigenvalue weighted by Gasteiger charge is -2.43. The Kier molecular flexibility index (Phi) is 5.64. The van der Waals surface area contributed by atoms with Gasteiger partial charge in [-0.15, -0.1) is 0 Å². The van der Waals surface area contributed by atoms with Crippen LogP contribution in [0.5, 0.6) is 0 Å². The van der Waals surface area contributed by atoms with E-state index in [2.05, 4.69) is 4.90 Å². The van der Waals surface area contributed by atoms with E-state index < -0.39 is 5.97 Å². The molecule has 6 heteroatoms. The van der Waals surface area contributed by atoms with Gasteiger partial charge < -0.3 is 5.11 Å². The van der Waals surface area contributed by atoms with Crippen molar-refractivity contribution in [2.45, 2.75) is 19.0 Å². The molecule has 1 unspecified atom stereocenters. The molecule has 138 valence electrons. The minimum atomic E-state index is -0.834. The molecule has 2 aromatic rings. The van der Waals surface area contributed by atoms with Crippen molar-refractivity contribution in [2.75, 3.05) is 26.2 Å². The topological polar surface area (TPSA) is 43.8 Å². The van der Waals surface area contributed by atoms with Crippen molar-refractivity contribution in [3.8, 4) is 0 Å². The van der Waals surface area contributed by atoms with E-state index in [1.807, 2.05) is 11.8 Å². The molecule has 1 aliphatic rings. The summed E-state index contributed by atoms with van der Waals surface area (Å²) in [6.07, 6.45) is 0. The zero-order chi connectivity index (χ0) is 18.7. The molecule has 0 radical (unpaired) electrons. The molecule has 3 rings (SSSR count). The fourth-order valence-electron chi connectivity index (χ4n) is 3.57. The van der Waals surface area contributed by atoms with Crippen molar-refractivity contribution >= 4 is 5.97 Å². The van der Waals surface area contributed by atoms with Gasteiger partial charge in [-0.3, -0.25) is 14.6 Å². The average molecular weight is 360 g/mol. The summed E-state index contributed by atoms with van der Waals surface area (Å²) >= 11 is 0. The molecule has 26 heavy (non-hydrogen) atoms. The summed E-state index contributed by atoms with van der Waals surface area (Å²) in [6, 6.07) is 12.6. The van der Waals surface area contributed by atoms with E-state index in [-0.39, 0.29) is 30.3 Å². The summed E-state index contributed by atoms with van der Waals surface area (Å²) < 4.78 is 26.7. The Labute approximate surface area is 151 Å². The van der Waals surface area contributed by atoms with Crippen molar-refractivity contribution in [3.05, 3.63) is 71.3 Å². The number of carboxylic acid groups (broad SMARTS) is 1. The zero-order valence-corrected chi connectivity index (χ0v) is 14.6. The first-order valence-corrected chi connectivity index (χ1v) is 8.65. The third-order valence-electron chi connectivity index (χ3n) is 4.87. The van der Waals surface area contributed by atoms with Crippen LogP contribution in [-0.4, -0.2) is 53.1 Å². The number of carbonyl (C=O) groups is 1. The van der Waals surface area contributed by atoms with Crippen LogP contribution in [0.4, 0.5) is 8.78 Å². The van der Waals surface area contributed by atoms with Crippen molar-refractivity contribution in [3.63, 3.8) is 0 Å². The van der Waals surface area contributed by atoms with Gasteiger partial charge in [0.25, 0.3) is 0 Å². The van der Waals surface area contributed by atoms with Crippen LogP contribution in [0, 0.1) is 11.6 Å². The van der Waals surface area contributed by atoms with Crippen molar-refractivity contribution in [1.82, 2.24) is 9.80 Å². The average Bonchev–Trinajstić information content (AvgIpc) is 2.60. The second-order valence-corrected chi connectivity index (χ2v) is 6.71. The monoisotopic (exact) mass is 360 g/mol. The van der Waals surface area contributed by atoms with E-state index in [4.69, 9.17) is 5.11 Å². The van der Waals surface area contributed by atoms with Gasteiger partial charge in [0.05, 0.1) is 12.6 Å². The molecular weight excluding hydrogens is 338 g/mol. The van der Waals surface area contributed by atoms with E-state index in [9.17, 15) is 13.6 Å². The quantitative estimate of drug-likeness (QED) is 0.890. The van der Waals surface area contributed by atoms with Gasteiger partial charge in [0.15, 0.2) is 0 Å². The summed E-state index contributed by atoms with van der Waals surface area (Å²) in [7, 11) is 0. The minimum absolute atomic E-state index is 0.0206. The van der Waals surface area contributed by atoms with Gasteiger partial charge in [0, 0.05) is 25.7 Å². The molecule has 1 aliphatic heterocycles. The van der Waals surface area contributed by atoms with Crippen molar-refractivity contribution in [2.24, 2.45) is 0 Å². The zero-order valence-electron chi connectivity index (χ0n) is 14.6. The normalized spacial score (nSPS) is 19.0. The predicted octanol–water partition coefficient (Wildman–Crippen LogP) is 3.14. The smallest absolute Gasteiger partial charge is 0.317 e. The molecule has 1 heterocycles. The van der Waals surface area contributed by atoms with Gasteiger partial charge in [-0.1, -0.05) is 24.3 Å². The number of benzene rings is 2. The SMILES string of the molecule is CC1CN(C(c2ccc(F)cc2)c2ccc(F)cc2)CCN1CC(=O)O. The Morgan fingerprint density at radius 1 is 1.04 bits per heavy atom. The highest BCUT2D eigenvalue weighted by molar-refractivity contribution is 5.69. The highest BCUT2D eigenvalue weighted by Crippen LogP contribution is 2.31. The van der Waals surface area contributed by atoms with Crippen LogP contribution < -0.4 is 0 Å². The van der Waals surface area contributed by atoms with Crippen molar-refractivity contribution in [1.29, 1.82) is 0 Å². The summed E-state index contributed by atoms with van der Waals surface area (Å²) in [5.41, 5.74) is 1.86. The number of halogens is 2. The Morgan fingerprint density at radius 2 is 1.54 bits per heavy atom. The highest BCUT2D eigenvalue weighted by Gasteiger charge is 2.31. The molecule has 1 atom stereocenters. The lowest BCUT2D eigenvalue weighted by molar-refractivity contribution is -0.139. The van der Waals surface area contributed by atoms with Crippen molar-refractivity contribution < 1.29 is 18.7 Å². The second-order valence-electron chi connectivity index (χ2n) is 6.71. The van der Waals surface area contributed by atoms with Crippen LogP contribution in [0.3, 0.4) is 0 Å². The Bertz CT molecular complexity index is 704. The first-order chi connectivity index (χ1) is 12.4. The summed E-state index contributed by atoms with van der Waals surface area (Å²) in [5.74, 6) is -1.43. The molecule has 0 aliphatic carbocycles. The molecular formula is C20H22F2N2O2. The van der Waals surface area contributed by atoms with E-state index in [0.717, 1.165) is 11.1 Å². The first kappa shape index (κ1) is 18.5. The number of nitrogens with zero attached hydrogens (tertiary/aromatic N) is 2. The third-order valence-corrected chi connectivity index (χ3v) is 4.87. The van der Waals surface area contributed by atoms with Crippen LogP contribution in [0.25, 0.3) is 0 Å². The summed E-state index contributed by atoms with van der Waals surface area (Å²) in [6.45, 7) is 4.00. The fourth-order valence-corrected chi connectivity index (χ4v) is 3.57. The van der Waals surface area contributed by atoms with Crippen LogP contribution in [-0.2, 0) is 4.79 Å². The van der Waals surface area contributed by atoms with Gasteiger partial charge in [0.1, 0.15) is 11.6 Å². The molecule has 2 aromatic carbocycles. The number of hydrogen-bond acceptors (Lipinski definition) is 3. The first-order valence-electron chi connectivity index (χ1n) is 8.65. The lowest BCUT2D eigenvalue weighted by Crippen LogP contribution is -2.54. The van der Waals surface area contributed by atoms with Crippen LogP contribution in [0.15, 0.2) is 48.5 Å². The highest BCUT2D eigenvalue weighted by atomic mass is 19.1. The van der Waals surface area contributed by atoms with Crippen LogP contribution in [0.1, 0.15) is 24.1 Å². The van der Waals surface area contributed by atoms with Gasteiger partial charge in [0.2, 0.25) is 0 Å². The lowest BCUT2D eigenvalue weighted by atomic mass is 9.95. The largest absolute Gasteiger partial charge is 0.480 e. The molecule has 1 N–H and O–H groups in total. The van der Waals surface area contributed by atoms with E-state index in [1.165, 1.54) is 24.3 Å². The summed E-state index contributed by atoms with van der Waals surface area (Å²) in [5, 5.41) is 9.04. The van der Waals surface area contributed by atoms with Gasteiger partial charge in [-0.25, -0.2) is 8.78 Å². The van der Waals surface area contributed by atoms with E-state index >= 15 is 0 Å². The predicted molar refractivity (Wildman–Crippen MR) is 94.9 cm³/mol. The Hall–Kier alpha value is -2.31. The number of hydrogen-bond donors (Lipinski definition) is 1. The minimum Gasteiger partial charge on any atom is -0.480 e. The van der Waals surface area contributed by atoms with Crippen LogP contribution >= 0.6 is 0 Å². The molecule has 0 saturated carbocycles. The van der Waals surface area contributed by atoms with E-state index in [0.29, 0.717) is 19.6 Å².